The second-order valence-corrected chi connectivity index (χ2v) is 5.90. The molecule has 0 aromatic heterocycles. The second-order valence-electron chi connectivity index (χ2n) is 5.90. The Labute approximate surface area is 130 Å². The van der Waals surface area contributed by atoms with Gasteiger partial charge in [-0.2, -0.15) is 0 Å². The molecule has 0 amide bonds. The highest BCUT2D eigenvalue weighted by Gasteiger charge is 2.22. The molecule has 0 rings (SSSR count). The topological polar surface area (TPSA) is 35.5 Å². The predicted molar refractivity (Wildman–Crippen MR) is 88.3 cm³/mol. The summed E-state index contributed by atoms with van der Waals surface area (Å²) in [5.74, 6) is 0.605. The highest BCUT2D eigenvalue weighted by molar-refractivity contribution is 5.60. The van der Waals surface area contributed by atoms with Crippen molar-refractivity contribution in [1.82, 2.24) is 0 Å². The van der Waals surface area contributed by atoms with E-state index >= 15 is 0 Å². The van der Waals surface area contributed by atoms with Gasteiger partial charge in [-0.05, 0) is 37.5 Å². The molecule has 0 N–H and O–H groups in total. The first kappa shape index (κ1) is 19.8. The number of carbonyl (C=O) groups excluding carboxylic acids is 1. The van der Waals surface area contributed by atoms with E-state index in [9.17, 15) is 4.79 Å². The van der Waals surface area contributed by atoms with Crippen molar-refractivity contribution in [2.75, 3.05) is 6.61 Å². The van der Waals surface area contributed by atoms with Gasteiger partial charge in [0.25, 0.3) is 0 Å². The molecular formula is C18H32O3. The minimum Gasteiger partial charge on any atom is -0.434 e. The third-order valence-corrected chi connectivity index (χ3v) is 3.12. The molecule has 0 aliphatic carbocycles. The highest BCUT2D eigenvalue weighted by atomic mass is 16.7. The van der Waals surface area contributed by atoms with E-state index in [1.54, 1.807) is 0 Å². The quantitative estimate of drug-likeness (QED) is 0.303. The fourth-order valence-corrected chi connectivity index (χ4v) is 2.10. The van der Waals surface area contributed by atoms with Crippen LogP contribution in [-0.2, 0) is 9.47 Å². The SMILES string of the molecule is CC/C=C\C/C=C\CCCOC(=O)OC(C(C)C)C(C)C. The van der Waals surface area contributed by atoms with Crippen molar-refractivity contribution < 1.29 is 14.3 Å². The number of rotatable bonds is 10. The van der Waals surface area contributed by atoms with Gasteiger partial charge in [-0.1, -0.05) is 58.9 Å². The fourth-order valence-electron chi connectivity index (χ4n) is 2.10. The average molecular weight is 296 g/mol. The fraction of sp³-hybridized carbons (Fsp3) is 0.722. The maximum Gasteiger partial charge on any atom is 0.508 e. The van der Waals surface area contributed by atoms with Crippen LogP contribution in [0.15, 0.2) is 24.3 Å². The van der Waals surface area contributed by atoms with Gasteiger partial charge in [0, 0.05) is 0 Å². The smallest absolute Gasteiger partial charge is 0.434 e. The number of hydrogen-bond acceptors (Lipinski definition) is 3. The summed E-state index contributed by atoms with van der Waals surface area (Å²) in [6, 6.07) is 0. The van der Waals surface area contributed by atoms with Crippen LogP contribution in [0.25, 0.3) is 0 Å². The van der Waals surface area contributed by atoms with Gasteiger partial charge in [0.1, 0.15) is 6.10 Å². The number of allylic oxidation sites excluding steroid dienone is 4. The lowest BCUT2D eigenvalue weighted by molar-refractivity contribution is -0.0108. The van der Waals surface area contributed by atoms with Crippen LogP contribution in [-0.4, -0.2) is 18.9 Å². The highest BCUT2D eigenvalue weighted by Crippen LogP contribution is 2.16. The van der Waals surface area contributed by atoms with Crippen LogP contribution in [0.5, 0.6) is 0 Å². The molecule has 0 heterocycles. The number of ether oxygens (including phenoxy) is 2. The van der Waals surface area contributed by atoms with E-state index in [1.807, 2.05) is 0 Å². The Hall–Kier alpha value is -1.25. The Morgan fingerprint density at radius 2 is 1.62 bits per heavy atom. The molecule has 0 spiro atoms. The van der Waals surface area contributed by atoms with Gasteiger partial charge < -0.3 is 9.47 Å². The standard InChI is InChI=1S/C18H32O3/c1-6-7-8-9-10-11-12-13-14-20-18(19)21-17(15(2)3)16(4)5/h7-8,10-11,15-17H,6,9,12-14H2,1-5H3/b8-7-,11-10-. The number of unbranched alkanes of at least 4 members (excludes halogenated alkanes) is 1. The van der Waals surface area contributed by atoms with Crippen LogP contribution in [0.2, 0.25) is 0 Å². The lowest BCUT2D eigenvalue weighted by Gasteiger charge is -2.24. The molecule has 0 aromatic carbocycles. The van der Waals surface area contributed by atoms with E-state index in [0.29, 0.717) is 18.4 Å². The van der Waals surface area contributed by atoms with Crippen LogP contribution in [0.1, 0.15) is 60.3 Å². The average Bonchev–Trinajstić information content (AvgIpc) is 2.42. The van der Waals surface area contributed by atoms with E-state index in [1.165, 1.54) is 0 Å². The zero-order valence-electron chi connectivity index (χ0n) is 14.3. The van der Waals surface area contributed by atoms with Gasteiger partial charge in [-0.3, -0.25) is 0 Å². The molecule has 3 nitrogen and oxygen atoms in total. The summed E-state index contributed by atoms with van der Waals surface area (Å²) in [5.41, 5.74) is 0. The van der Waals surface area contributed by atoms with Gasteiger partial charge in [0.2, 0.25) is 0 Å². The zero-order valence-corrected chi connectivity index (χ0v) is 14.3. The first-order chi connectivity index (χ1) is 9.99. The molecule has 21 heavy (non-hydrogen) atoms. The Morgan fingerprint density at radius 3 is 2.19 bits per heavy atom. The maximum atomic E-state index is 11.6. The normalized spacial score (nSPS) is 12.2. The largest absolute Gasteiger partial charge is 0.508 e. The van der Waals surface area contributed by atoms with Crippen molar-refractivity contribution in [1.29, 1.82) is 0 Å². The monoisotopic (exact) mass is 296 g/mol. The summed E-state index contributed by atoms with van der Waals surface area (Å²) in [6.07, 6.45) is 11.8. The van der Waals surface area contributed by atoms with Crippen molar-refractivity contribution in [2.45, 2.75) is 66.4 Å². The Balaban J connectivity index is 3.73. The molecule has 0 saturated heterocycles. The predicted octanol–water partition coefficient (Wildman–Crippen LogP) is 5.51. The molecule has 0 aliphatic heterocycles. The third kappa shape index (κ3) is 11.1. The summed E-state index contributed by atoms with van der Waals surface area (Å²) in [6.45, 7) is 10.7. The lowest BCUT2D eigenvalue weighted by atomic mass is 9.96. The summed E-state index contributed by atoms with van der Waals surface area (Å²) in [5, 5.41) is 0. The zero-order chi connectivity index (χ0) is 16.1. The molecule has 0 radical (unpaired) electrons. The van der Waals surface area contributed by atoms with Gasteiger partial charge >= 0.3 is 6.16 Å². The molecule has 122 valence electrons. The van der Waals surface area contributed by atoms with E-state index in [0.717, 1.165) is 25.7 Å². The molecular weight excluding hydrogens is 264 g/mol. The maximum absolute atomic E-state index is 11.6. The van der Waals surface area contributed by atoms with Crippen LogP contribution in [0.3, 0.4) is 0 Å². The first-order valence-corrected chi connectivity index (χ1v) is 8.12. The van der Waals surface area contributed by atoms with Crippen molar-refractivity contribution in [3.63, 3.8) is 0 Å². The molecule has 3 heteroatoms. The molecule has 0 saturated carbocycles. The lowest BCUT2D eigenvalue weighted by Crippen LogP contribution is -2.29. The van der Waals surface area contributed by atoms with Crippen molar-refractivity contribution >= 4 is 6.16 Å². The summed E-state index contributed by atoms with van der Waals surface area (Å²) in [7, 11) is 0. The van der Waals surface area contributed by atoms with Crippen molar-refractivity contribution in [2.24, 2.45) is 11.8 Å². The second kappa shape index (κ2) is 12.5. The first-order valence-electron chi connectivity index (χ1n) is 8.12. The Morgan fingerprint density at radius 1 is 1.00 bits per heavy atom. The molecule has 0 aromatic rings. The van der Waals surface area contributed by atoms with Gasteiger partial charge in [0.05, 0.1) is 6.61 Å². The Bertz CT molecular complexity index is 308. The summed E-state index contributed by atoms with van der Waals surface area (Å²) in [4.78, 5) is 11.6. The van der Waals surface area contributed by atoms with E-state index < -0.39 is 6.16 Å². The molecule has 0 fully saturated rings. The third-order valence-electron chi connectivity index (χ3n) is 3.12. The van der Waals surface area contributed by atoms with Crippen molar-refractivity contribution in [3.05, 3.63) is 24.3 Å². The van der Waals surface area contributed by atoms with Crippen molar-refractivity contribution in [3.8, 4) is 0 Å². The summed E-state index contributed by atoms with van der Waals surface area (Å²) < 4.78 is 10.5. The van der Waals surface area contributed by atoms with Crippen LogP contribution in [0.4, 0.5) is 4.79 Å². The minimum absolute atomic E-state index is 0.0808. The molecule has 0 atom stereocenters. The summed E-state index contributed by atoms with van der Waals surface area (Å²) >= 11 is 0. The van der Waals surface area contributed by atoms with Crippen LogP contribution >= 0.6 is 0 Å². The number of carbonyl (C=O) groups is 1. The molecule has 0 bridgehead atoms. The van der Waals surface area contributed by atoms with Crippen LogP contribution in [0, 0.1) is 11.8 Å². The van der Waals surface area contributed by atoms with E-state index in [4.69, 9.17) is 9.47 Å². The van der Waals surface area contributed by atoms with Gasteiger partial charge in [-0.25, -0.2) is 4.79 Å². The van der Waals surface area contributed by atoms with Gasteiger partial charge in [0.15, 0.2) is 0 Å². The number of hydrogen-bond donors (Lipinski definition) is 0. The molecule has 0 unspecified atom stereocenters. The van der Waals surface area contributed by atoms with Crippen LogP contribution < -0.4 is 0 Å². The molecule has 0 aliphatic rings. The minimum atomic E-state index is -0.544. The van der Waals surface area contributed by atoms with E-state index in [-0.39, 0.29) is 6.10 Å². The van der Waals surface area contributed by atoms with Gasteiger partial charge in [-0.15, -0.1) is 0 Å². The Kier molecular flexibility index (Phi) is 11.7. The van der Waals surface area contributed by atoms with E-state index in [2.05, 4.69) is 58.9 Å².